The molecule has 0 spiro atoms. The molecule has 1 aromatic carbocycles. The van der Waals surface area contributed by atoms with Crippen LogP contribution in [0.15, 0.2) is 29.2 Å². The predicted octanol–water partition coefficient (Wildman–Crippen LogP) is 3.54. The third-order valence-corrected chi connectivity index (χ3v) is 5.94. The number of nitrogens with zero attached hydrogens (tertiary/aromatic N) is 1. The van der Waals surface area contributed by atoms with Gasteiger partial charge in [-0.25, -0.2) is 18.1 Å². The molecule has 0 unspecified atom stereocenters. The average Bonchev–Trinajstić information content (AvgIpc) is 2.74. The second-order valence-electron chi connectivity index (χ2n) is 6.34. The van der Waals surface area contributed by atoms with Gasteiger partial charge in [-0.2, -0.15) is 0 Å². The van der Waals surface area contributed by atoms with Gasteiger partial charge < -0.3 is 0 Å². The van der Waals surface area contributed by atoms with Crippen LogP contribution < -0.4 is 4.72 Å². The quantitative estimate of drug-likeness (QED) is 0.927. The number of aryl methyl sites for hydroxylation is 2. The summed E-state index contributed by atoms with van der Waals surface area (Å²) < 4.78 is 27.4. The topological polar surface area (TPSA) is 59.1 Å². The molecule has 1 N–H and O–H groups in total. The van der Waals surface area contributed by atoms with E-state index in [0.29, 0.717) is 4.90 Å². The Hall–Kier alpha value is -1.24. The van der Waals surface area contributed by atoms with Crippen LogP contribution in [0, 0.1) is 13.8 Å². The fourth-order valence-electron chi connectivity index (χ4n) is 2.12. The van der Waals surface area contributed by atoms with E-state index in [4.69, 9.17) is 0 Å². The highest BCUT2D eigenvalue weighted by Crippen LogP contribution is 2.23. The van der Waals surface area contributed by atoms with E-state index < -0.39 is 10.0 Å². The van der Waals surface area contributed by atoms with Crippen molar-refractivity contribution in [1.29, 1.82) is 0 Å². The maximum Gasteiger partial charge on any atom is 0.240 e. The molecule has 6 heteroatoms. The Bertz CT molecular complexity index is 754. The molecule has 0 aliphatic carbocycles. The van der Waals surface area contributed by atoms with Crippen LogP contribution in [-0.2, 0) is 22.0 Å². The average molecular weight is 338 g/mol. The van der Waals surface area contributed by atoms with Crippen molar-refractivity contribution in [3.8, 4) is 0 Å². The lowest BCUT2D eigenvalue weighted by molar-refractivity contribution is 0.578. The van der Waals surface area contributed by atoms with Crippen LogP contribution in [0.2, 0.25) is 0 Å². The molecule has 0 bridgehead atoms. The van der Waals surface area contributed by atoms with E-state index in [-0.39, 0.29) is 12.0 Å². The van der Waals surface area contributed by atoms with Gasteiger partial charge in [-0.1, -0.05) is 32.9 Å². The van der Waals surface area contributed by atoms with Gasteiger partial charge in [0.1, 0.15) is 0 Å². The first-order chi connectivity index (χ1) is 10.1. The Morgan fingerprint density at radius 1 is 1.14 bits per heavy atom. The largest absolute Gasteiger partial charge is 0.247 e. The molecular weight excluding hydrogens is 316 g/mol. The number of hydrogen-bond donors (Lipinski definition) is 1. The summed E-state index contributed by atoms with van der Waals surface area (Å²) in [5.74, 6) is 0. The summed E-state index contributed by atoms with van der Waals surface area (Å²) in [6.45, 7) is 10.4. The van der Waals surface area contributed by atoms with Crippen LogP contribution in [0.1, 0.15) is 41.9 Å². The van der Waals surface area contributed by atoms with Gasteiger partial charge in [0, 0.05) is 11.4 Å². The summed E-state index contributed by atoms with van der Waals surface area (Å²) in [6, 6.07) is 7.06. The van der Waals surface area contributed by atoms with Gasteiger partial charge in [-0.3, -0.25) is 0 Å². The minimum absolute atomic E-state index is 0.00694. The normalized spacial score (nSPS) is 12.6. The zero-order chi connectivity index (χ0) is 16.5. The molecule has 22 heavy (non-hydrogen) atoms. The number of thiazole rings is 1. The summed E-state index contributed by atoms with van der Waals surface area (Å²) in [6.07, 6.45) is 0. The highest BCUT2D eigenvalue weighted by atomic mass is 32.2. The van der Waals surface area contributed by atoms with Crippen LogP contribution >= 0.6 is 11.3 Å². The highest BCUT2D eigenvalue weighted by Gasteiger charge is 2.18. The lowest BCUT2D eigenvalue weighted by Crippen LogP contribution is -2.23. The van der Waals surface area contributed by atoms with Crippen LogP contribution in [-0.4, -0.2) is 13.4 Å². The van der Waals surface area contributed by atoms with Gasteiger partial charge in [0.25, 0.3) is 0 Å². The van der Waals surface area contributed by atoms with Crippen molar-refractivity contribution in [3.63, 3.8) is 0 Å². The number of aromatic nitrogens is 1. The molecule has 120 valence electrons. The monoisotopic (exact) mass is 338 g/mol. The van der Waals surface area contributed by atoms with Crippen molar-refractivity contribution in [2.45, 2.75) is 51.5 Å². The standard InChI is InChI=1S/C16H22N2O2S2/c1-11-15(21-12(2)18-11)10-17-22(19,20)14-8-6-13(7-9-14)16(3,4)5/h6-9,17H,10H2,1-5H3. The number of sulfonamides is 1. The molecule has 0 fully saturated rings. The van der Waals surface area contributed by atoms with Crippen molar-refractivity contribution in [1.82, 2.24) is 9.71 Å². The van der Waals surface area contributed by atoms with Crippen LogP contribution in [0.3, 0.4) is 0 Å². The van der Waals surface area contributed by atoms with Gasteiger partial charge in [0.2, 0.25) is 10.0 Å². The molecule has 0 saturated carbocycles. The van der Waals surface area contributed by atoms with E-state index >= 15 is 0 Å². The van der Waals surface area contributed by atoms with Gasteiger partial charge in [0.15, 0.2) is 0 Å². The fourth-order valence-corrected chi connectivity index (χ4v) is 4.08. The summed E-state index contributed by atoms with van der Waals surface area (Å²) in [5, 5.41) is 0.946. The number of benzene rings is 1. The molecule has 4 nitrogen and oxygen atoms in total. The third kappa shape index (κ3) is 3.94. The lowest BCUT2D eigenvalue weighted by atomic mass is 9.87. The third-order valence-electron chi connectivity index (χ3n) is 3.45. The van der Waals surface area contributed by atoms with E-state index in [1.54, 1.807) is 12.1 Å². The molecule has 0 aliphatic heterocycles. The lowest BCUT2D eigenvalue weighted by Gasteiger charge is -2.19. The van der Waals surface area contributed by atoms with Crippen molar-refractivity contribution in [2.75, 3.05) is 0 Å². The van der Waals surface area contributed by atoms with E-state index in [1.165, 1.54) is 11.3 Å². The molecule has 0 radical (unpaired) electrons. The minimum atomic E-state index is -3.50. The second kappa shape index (κ2) is 6.10. The van der Waals surface area contributed by atoms with Gasteiger partial charge in [0.05, 0.1) is 15.6 Å². The number of hydrogen-bond acceptors (Lipinski definition) is 4. The van der Waals surface area contributed by atoms with Crippen molar-refractivity contribution < 1.29 is 8.42 Å². The Labute approximate surface area is 136 Å². The zero-order valence-corrected chi connectivity index (χ0v) is 15.2. The summed E-state index contributed by atoms with van der Waals surface area (Å²) >= 11 is 1.52. The SMILES string of the molecule is Cc1nc(C)c(CNS(=O)(=O)c2ccc(C(C)(C)C)cc2)s1. The molecule has 1 aromatic heterocycles. The number of rotatable bonds is 4. The van der Waals surface area contributed by atoms with E-state index in [1.807, 2.05) is 26.0 Å². The summed E-state index contributed by atoms with van der Waals surface area (Å²) in [5.41, 5.74) is 2.00. The van der Waals surface area contributed by atoms with E-state index in [2.05, 4.69) is 30.5 Å². The predicted molar refractivity (Wildman–Crippen MR) is 90.8 cm³/mol. The first-order valence-electron chi connectivity index (χ1n) is 7.13. The van der Waals surface area contributed by atoms with Crippen LogP contribution in [0.4, 0.5) is 0 Å². The maximum absolute atomic E-state index is 12.4. The molecule has 1 heterocycles. The first-order valence-corrected chi connectivity index (χ1v) is 9.43. The Morgan fingerprint density at radius 2 is 1.73 bits per heavy atom. The Morgan fingerprint density at radius 3 is 2.18 bits per heavy atom. The number of nitrogens with one attached hydrogen (secondary N) is 1. The molecule has 0 saturated heterocycles. The highest BCUT2D eigenvalue weighted by molar-refractivity contribution is 7.89. The van der Waals surface area contributed by atoms with Crippen LogP contribution in [0.25, 0.3) is 0 Å². The second-order valence-corrected chi connectivity index (χ2v) is 9.40. The molecule has 2 rings (SSSR count). The van der Waals surface area contributed by atoms with Gasteiger partial charge >= 0.3 is 0 Å². The van der Waals surface area contributed by atoms with Crippen molar-refractivity contribution in [2.24, 2.45) is 0 Å². The zero-order valence-electron chi connectivity index (χ0n) is 13.6. The van der Waals surface area contributed by atoms with Gasteiger partial charge in [-0.15, -0.1) is 11.3 Å². The minimum Gasteiger partial charge on any atom is -0.247 e. The smallest absolute Gasteiger partial charge is 0.240 e. The van der Waals surface area contributed by atoms with Gasteiger partial charge in [-0.05, 0) is 37.0 Å². The maximum atomic E-state index is 12.4. The molecular formula is C16H22N2O2S2. The molecule has 0 amide bonds. The van der Waals surface area contributed by atoms with E-state index in [9.17, 15) is 8.42 Å². The Kier molecular flexibility index (Phi) is 4.75. The first kappa shape index (κ1) is 17.1. The molecule has 2 aromatic rings. The molecule has 0 atom stereocenters. The molecule has 0 aliphatic rings. The van der Waals surface area contributed by atoms with Crippen molar-refractivity contribution >= 4 is 21.4 Å². The summed E-state index contributed by atoms with van der Waals surface area (Å²) in [4.78, 5) is 5.55. The summed E-state index contributed by atoms with van der Waals surface area (Å²) in [7, 11) is -3.50. The van der Waals surface area contributed by atoms with Crippen LogP contribution in [0.5, 0.6) is 0 Å². The fraction of sp³-hybridized carbons (Fsp3) is 0.438. The Balaban J connectivity index is 2.15. The van der Waals surface area contributed by atoms with Crippen molar-refractivity contribution in [3.05, 3.63) is 45.4 Å². The van der Waals surface area contributed by atoms with E-state index in [0.717, 1.165) is 21.1 Å².